The van der Waals surface area contributed by atoms with Crippen LogP contribution in [0.1, 0.15) is 25.3 Å². The van der Waals surface area contributed by atoms with E-state index in [-0.39, 0.29) is 17.8 Å². The van der Waals surface area contributed by atoms with E-state index in [0.29, 0.717) is 29.6 Å². The molecule has 1 aromatic heterocycles. The van der Waals surface area contributed by atoms with E-state index in [4.69, 9.17) is 21.1 Å². The van der Waals surface area contributed by atoms with Crippen LogP contribution in [-0.2, 0) is 4.74 Å². The van der Waals surface area contributed by atoms with Crippen molar-refractivity contribution in [1.82, 2.24) is 10.2 Å². The third kappa shape index (κ3) is 5.48. The fraction of sp³-hybridized carbons (Fsp3) is 0.455. The normalized spacial score (nSPS) is 21.4. The van der Waals surface area contributed by atoms with E-state index in [9.17, 15) is 8.78 Å². The lowest BCUT2D eigenvalue weighted by molar-refractivity contribution is -0.0359. The number of nitrogens with two attached hydrogens (primary N) is 2. The molecule has 0 saturated carbocycles. The Morgan fingerprint density at radius 1 is 1.27 bits per heavy atom. The lowest BCUT2D eigenvalue weighted by Gasteiger charge is -2.40. The van der Waals surface area contributed by atoms with Crippen LogP contribution in [-0.4, -0.2) is 53.6 Å². The van der Waals surface area contributed by atoms with E-state index in [2.05, 4.69) is 15.1 Å². The van der Waals surface area contributed by atoms with Crippen LogP contribution in [0.4, 0.5) is 20.3 Å². The Hall–Kier alpha value is -2.63. The maximum Gasteiger partial charge on any atom is 0.263 e. The average Bonchev–Trinajstić information content (AvgIpc) is 3.26. The Kier molecular flexibility index (Phi) is 7.20. The van der Waals surface area contributed by atoms with E-state index < -0.39 is 6.43 Å². The highest BCUT2D eigenvalue weighted by Crippen LogP contribution is 2.35. The molecule has 4 N–H and O–H groups in total. The van der Waals surface area contributed by atoms with Crippen LogP contribution in [0, 0.1) is 0 Å². The van der Waals surface area contributed by atoms with Gasteiger partial charge >= 0.3 is 0 Å². The van der Waals surface area contributed by atoms with Crippen molar-refractivity contribution >= 4 is 23.3 Å². The number of rotatable bonds is 7. The Morgan fingerprint density at radius 2 is 2.06 bits per heavy atom. The van der Waals surface area contributed by atoms with Crippen molar-refractivity contribution in [2.24, 2.45) is 11.6 Å². The van der Waals surface area contributed by atoms with E-state index in [1.807, 2.05) is 17.8 Å². The second kappa shape index (κ2) is 10.1. The summed E-state index contributed by atoms with van der Waals surface area (Å²) in [6.45, 7) is 3.99. The first-order valence-corrected chi connectivity index (χ1v) is 11.8. The number of anilines is 2. The first kappa shape index (κ1) is 23.5. The lowest BCUT2D eigenvalue weighted by atomic mass is 10.0. The summed E-state index contributed by atoms with van der Waals surface area (Å²) in [7, 11) is 0. The zero-order valence-electron chi connectivity index (χ0n) is 18.4. The molecule has 2 aliphatic rings. The summed E-state index contributed by atoms with van der Waals surface area (Å²) in [5.74, 6) is 9.43. The molecular weight excluding hydrogens is 450 g/mol. The summed E-state index contributed by atoms with van der Waals surface area (Å²) in [6, 6.07) is 9.32. The Labute approximate surface area is 195 Å². The Bertz CT molecular complexity index is 964. The predicted molar refractivity (Wildman–Crippen MR) is 125 cm³/mol. The second-order valence-corrected chi connectivity index (χ2v) is 9.27. The number of thioether (sulfide) groups is 1. The fourth-order valence-corrected chi connectivity index (χ4v) is 5.23. The summed E-state index contributed by atoms with van der Waals surface area (Å²) >= 11 is 1.92. The molecule has 3 heterocycles. The minimum atomic E-state index is -2.54. The molecule has 11 heteroatoms. The molecule has 4 rings (SSSR count). The van der Waals surface area contributed by atoms with Crippen LogP contribution < -0.4 is 26.2 Å². The molecule has 178 valence electrons. The van der Waals surface area contributed by atoms with E-state index >= 15 is 0 Å². The highest BCUT2D eigenvalue weighted by atomic mass is 32.2. The van der Waals surface area contributed by atoms with Gasteiger partial charge in [-0.05, 0) is 37.3 Å². The molecule has 2 aromatic rings. The fourth-order valence-electron chi connectivity index (χ4n) is 3.88. The highest BCUT2D eigenvalue weighted by Gasteiger charge is 2.40. The number of nitrogens with zero attached hydrogens (tertiary/aromatic N) is 4. The number of hydrogen-bond acceptors (Lipinski definition) is 9. The Morgan fingerprint density at radius 3 is 2.67 bits per heavy atom. The molecule has 0 radical (unpaired) electrons. The number of hydrazine groups is 1. The third-order valence-electron chi connectivity index (χ3n) is 5.79. The first-order valence-electron chi connectivity index (χ1n) is 10.7. The van der Waals surface area contributed by atoms with Crippen molar-refractivity contribution in [2.75, 3.05) is 47.7 Å². The standard InChI is InChI=1S/C22H28F2N6O2S/c1-15(25)18(30(26)17-4-2-16(3-5-17)21(23)24)12-31-20-7-6-19(27-28-20)29-9-10-32-22(13-29)8-11-33-14-22/h2-7,21H,8-14,25-26H2,1H3/b18-15-. The van der Waals surface area contributed by atoms with Gasteiger partial charge in [0.25, 0.3) is 6.43 Å². The third-order valence-corrected chi connectivity index (χ3v) is 7.01. The van der Waals surface area contributed by atoms with Gasteiger partial charge in [0.05, 0.1) is 23.6 Å². The molecule has 8 nitrogen and oxygen atoms in total. The van der Waals surface area contributed by atoms with Crippen molar-refractivity contribution < 1.29 is 18.3 Å². The van der Waals surface area contributed by atoms with Gasteiger partial charge in [0, 0.05) is 36.2 Å². The lowest BCUT2D eigenvalue weighted by Crippen LogP contribution is -2.52. The minimum absolute atomic E-state index is 0.0430. The van der Waals surface area contributed by atoms with Gasteiger partial charge in [-0.25, -0.2) is 14.6 Å². The number of benzene rings is 1. The number of morpholine rings is 1. The number of alkyl halides is 2. The van der Waals surface area contributed by atoms with Gasteiger partial charge in [0.2, 0.25) is 5.88 Å². The molecule has 0 amide bonds. The predicted octanol–water partition coefficient (Wildman–Crippen LogP) is 3.08. The van der Waals surface area contributed by atoms with Gasteiger partial charge in [0.15, 0.2) is 5.82 Å². The summed E-state index contributed by atoms with van der Waals surface area (Å²) in [5.41, 5.74) is 7.27. The monoisotopic (exact) mass is 478 g/mol. The number of allylic oxidation sites excluding steroid dienone is 1. The number of aromatic nitrogens is 2. The van der Waals surface area contributed by atoms with Gasteiger partial charge in [-0.2, -0.15) is 11.8 Å². The maximum absolute atomic E-state index is 12.8. The average molecular weight is 479 g/mol. The topological polar surface area (TPSA) is 103 Å². The van der Waals surface area contributed by atoms with Crippen LogP contribution >= 0.6 is 11.8 Å². The van der Waals surface area contributed by atoms with E-state index in [1.54, 1.807) is 13.0 Å². The largest absolute Gasteiger partial charge is 0.470 e. The second-order valence-electron chi connectivity index (χ2n) is 8.17. The van der Waals surface area contributed by atoms with Crippen LogP contribution in [0.2, 0.25) is 0 Å². The molecule has 1 spiro atoms. The summed E-state index contributed by atoms with van der Waals surface area (Å²) in [6.07, 6.45) is -1.49. The molecule has 1 aromatic carbocycles. The van der Waals surface area contributed by atoms with Crippen LogP contribution in [0.5, 0.6) is 5.88 Å². The van der Waals surface area contributed by atoms with Gasteiger partial charge < -0.3 is 20.1 Å². The molecule has 0 bridgehead atoms. The van der Waals surface area contributed by atoms with Crippen LogP contribution in [0.15, 0.2) is 47.8 Å². The molecular formula is C22H28F2N6O2S. The van der Waals surface area contributed by atoms with Crippen molar-refractivity contribution in [3.05, 3.63) is 53.4 Å². The van der Waals surface area contributed by atoms with Crippen molar-refractivity contribution in [3.63, 3.8) is 0 Å². The number of ether oxygens (including phenoxy) is 2. The number of hydrogen-bond donors (Lipinski definition) is 2. The van der Waals surface area contributed by atoms with Crippen LogP contribution in [0.25, 0.3) is 0 Å². The minimum Gasteiger partial charge on any atom is -0.470 e. The first-order chi connectivity index (χ1) is 15.9. The molecule has 2 saturated heterocycles. The van der Waals surface area contributed by atoms with Gasteiger partial charge in [-0.3, -0.25) is 5.01 Å². The smallest absolute Gasteiger partial charge is 0.263 e. The number of halogens is 2. The van der Waals surface area contributed by atoms with Crippen molar-refractivity contribution in [1.29, 1.82) is 0 Å². The van der Waals surface area contributed by atoms with E-state index in [0.717, 1.165) is 36.8 Å². The van der Waals surface area contributed by atoms with Gasteiger partial charge in [-0.15, -0.1) is 10.2 Å². The summed E-state index contributed by atoms with van der Waals surface area (Å²) in [4.78, 5) is 2.20. The quantitative estimate of drug-likeness (QED) is 0.459. The summed E-state index contributed by atoms with van der Waals surface area (Å²) < 4.78 is 37.4. The van der Waals surface area contributed by atoms with Crippen molar-refractivity contribution in [2.45, 2.75) is 25.4 Å². The maximum atomic E-state index is 12.8. The molecule has 33 heavy (non-hydrogen) atoms. The molecule has 2 aliphatic heterocycles. The van der Waals surface area contributed by atoms with Crippen molar-refractivity contribution in [3.8, 4) is 5.88 Å². The van der Waals surface area contributed by atoms with Gasteiger partial charge in [-0.1, -0.05) is 12.1 Å². The zero-order valence-corrected chi connectivity index (χ0v) is 19.2. The SMILES string of the molecule is C/C(N)=C(\COc1ccc(N2CCOC3(CCSC3)C2)nn1)N(N)c1ccc(C(F)F)cc1. The highest BCUT2D eigenvalue weighted by molar-refractivity contribution is 7.99. The molecule has 1 unspecified atom stereocenters. The molecule has 0 aliphatic carbocycles. The van der Waals surface area contributed by atoms with Crippen LogP contribution in [0.3, 0.4) is 0 Å². The van der Waals surface area contributed by atoms with Gasteiger partial charge in [0.1, 0.15) is 6.61 Å². The summed E-state index contributed by atoms with van der Waals surface area (Å²) in [5, 5.41) is 9.85. The molecule has 1 atom stereocenters. The Balaban J connectivity index is 1.38. The van der Waals surface area contributed by atoms with E-state index in [1.165, 1.54) is 29.3 Å². The zero-order chi connectivity index (χ0) is 23.4. The molecule has 2 fully saturated rings.